The zero-order chi connectivity index (χ0) is 14.5. The zero-order valence-electron chi connectivity index (χ0n) is 11.4. The maximum atomic E-state index is 11.7. The standard InChI is InChI=1S/C14H19N3O3/c1-17(12-5-6-12)8-7-15-14(20)16-11-4-2-3-10(9-11)13(18)19/h2-4,9,12H,5-8H2,1H3,(H,18,19)(H2,15,16,20). The van der Waals surface area contributed by atoms with Gasteiger partial charge in [0.15, 0.2) is 0 Å². The highest BCUT2D eigenvalue weighted by Gasteiger charge is 2.25. The molecule has 2 rings (SSSR count). The van der Waals surface area contributed by atoms with E-state index in [2.05, 4.69) is 15.5 Å². The summed E-state index contributed by atoms with van der Waals surface area (Å²) < 4.78 is 0. The fraction of sp³-hybridized carbons (Fsp3) is 0.429. The Morgan fingerprint density at radius 2 is 2.15 bits per heavy atom. The van der Waals surface area contributed by atoms with Crippen molar-refractivity contribution in [3.8, 4) is 0 Å². The number of carbonyl (C=O) groups excluding carboxylic acids is 1. The summed E-state index contributed by atoms with van der Waals surface area (Å²) in [7, 11) is 2.05. The van der Waals surface area contributed by atoms with Gasteiger partial charge < -0.3 is 20.6 Å². The van der Waals surface area contributed by atoms with Crippen molar-refractivity contribution in [3.63, 3.8) is 0 Å². The summed E-state index contributed by atoms with van der Waals surface area (Å²) in [4.78, 5) is 24.7. The molecule has 0 heterocycles. The largest absolute Gasteiger partial charge is 0.478 e. The minimum absolute atomic E-state index is 0.149. The number of nitrogens with one attached hydrogen (secondary N) is 2. The number of anilines is 1. The van der Waals surface area contributed by atoms with E-state index in [1.807, 2.05) is 7.05 Å². The van der Waals surface area contributed by atoms with Gasteiger partial charge in [-0.05, 0) is 38.1 Å². The molecular formula is C14H19N3O3. The van der Waals surface area contributed by atoms with Gasteiger partial charge in [-0.25, -0.2) is 9.59 Å². The van der Waals surface area contributed by atoms with Gasteiger partial charge in [-0.1, -0.05) is 6.07 Å². The predicted octanol–water partition coefficient (Wildman–Crippen LogP) is 1.60. The van der Waals surface area contributed by atoms with Crippen molar-refractivity contribution in [1.29, 1.82) is 0 Å². The Hall–Kier alpha value is -2.08. The molecule has 108 valence electrons. The van der Waals surface area contributed by atoms with E-state index in [-0.39, 0.29) is 11.6 Å². The van der Waals surface area contributed by atoms with Crippen LogP contribution in [0.1, 0.15) is 23.2 Å². The van der Waals surface area contributed by atoms with E-state index < -0.39 is 5.97 Å². The maximum Gasteiger partial charge on any atom is 0.335 e. The van der Waals surface area contributed by atoms with Crippen molar-refractivity contribution in [2.45, 2.75) is 18.9 Å². The van der Waals surface area contributed by atoms with Crippen LogP contribution in [0.25, 0.3) is 0 Å². The first kappa shape index (κ1) is 14.3. The Kier molecular flexibility index (Phi) is 4.57. The van der Waals surface area contributed by atoms with E-state index in [4.69, 9.17) is 5.11 Å². The molecule has 1 aliphatic rings. The monoisotopic (exact) mass is 277 g/mol. The summed E-state index contributed by atoms with van der Waals surface area (Å²) in [5.41, 5.74) is 0.620. The van der Waals surface area contributed by atoms with Crippen molar-refractivity contribution in [2.75, 3.05) is 25.5 Å². The number of nitrogens with zero attached hydrogens (tertiary/aromatic N) is 1. The van der Waals surface area contributed by atoms with E-state index in [9.17, 15) is 9.59 Å². The molecule has 6 heteroatoms. The summed E-state index contributed by atoms with van der Waals surface area (Å²) >= 11 is 0. The molecule has 0 aliphatic heterocycles. The summed E-state index contributed by atoms with van der Waals surface area (Å²) in [6.07, 6.45) is 2.48. The third-order valence-corrected chi connectivity index (χ3v) is 3.29. The Morgan fingerprint density at radius 1 is 1.40 bits per heavy atom. The third kappa shape index (κ3) is 4.24. The van der Waals surface area contributed by atoms with E-state index in [0.717, 1.165) is 6.54 Å². The number of aromatic carboxylic acids is 1. The Morgan fingerprint density at radius 3 is 2.80 bits per heavy atom. The molecule has 1 saturated carbocycles. The maximum absolute atomic E-state index is 11.7. The van der Waals surface area contributed by atoms with Gasteiger partial charge in [0.2, 0.25) is 0 Å². The Bertz CT molecular complexity index is 500. The van der Waals surface area contributed by atoms with Crippen molar-refractivity contribution in [1.82, 2.24) is 10.2 Å². The number of carboxylic acid groups (broad SMARTS) is 1. The SMILES string of the molecule is CN(CCNC(=O)Nc1cccc(C(=O)O)c1)C1CC1. The number of carboxylic acids is 1. The molecule has 0 unspecified atom stereocenters. The minimum Gasteiger partial charge on any atom is -0.478 e. The van der Waals surface area contributed by atoms with Crippen LogP contribution in [0.2, 0.25) is 0 Å². The average molecular weight is 277 g/mol. The highest BCUT2D eigenvalue weighted by atomic mass is 16.4. The van der Waals surface area contributed by atoms with Gasteiger partial charge in [-0.2, -0.15) is 0 Å². The summed E-state index contributed by atoms with van der Waals surface area (Å²) in [6.45, 7) is 1.38. The Labute approximate surface area is 117 Å². The van der Waals surface area contributed by atoms with Crippen LogP contribution in [-0.4, -0.2) is 48.2 Å². The molecule has 20 heavy (non-hydrogen) atoms. The van der Waals surface area contributed by atoms with Gasteiger partial charge in [0.25, 0.3) is 0 Å². The molecule has 0 atom stereocenters. The fourth-order valence-corrected chi connectivity index (χ4v) is 1.95. The molecule has 0 saturated heterocycles. The number of amides is 2. The first-order chi connectivity index (χ1) is 9.56. The molecule has 0 spiro atoms. The summed E-state index contributed by atoms with van der Waals surface area (Å²) in [5, 5.41) is 14.2. The summed E-state index contributed by atoms with van der Waals surface area (Å²) in [6, 6.07) is 6.51. The molecule has 1 fully saturated rings. The second-order valence-corrected chi connectivity index (χ2v) is 4.98. The quantitative estimate of drug-likeness (QED) is 0.737. The normalized spacial score (nSPS) is 14.1. The number of urea groups is 1. The Balaban J connectivity index is 1.75. The highest BCUT2D eigenvalue weighted by molar-refractivity contribution is 5.93. The van der Waals surface area contributed by atoms with E-state index in [1.165, 1.54) is 25.0 Å². The molecule has 1 aliphatic carbocycles. The predicted molar refractivity (Wildman–Crippen MR) is 76.1 cm³/mol. The van der Waals surface area contributed by atoms with E-state index in [0.29, 0.717) is 18.3 Å². The lowest BCUT2D eigenvalue weighted by molar-refractivity contribution is 0.0697. The number of hydrogen-bond acceptors (Lipinski definition) is 3. The first-order valence-corrected chi connectivity index (χ1v) is 6.64. The van der Waals surface area contributed by atoms with E-state index >= 15 is 0 Å². The number of carbonyl (C=O) groups is 2. The van der Waals surface area contributed by atoms with Crippen LogP contribution in [0.4, 0.5) is 10.5 Å². The van der Waals surface area contributed by atoms with E-state index in [1.54, 1.807) is 12.1 Å². The van der Waals surface area contributed by atoms with Crippen LogP contribution in [0.15, 0.2) is 24.3 Å². The van der Waals surface area contributed by atoms with Crippen LogP contribution in [0.3, 0.4) is 0 Å². The van der Waals surface area contributed by atoms with Crippen molar-refractivity contribution < 1.29 is 14.7 Å². The lowest BCUT2D eigenvalue weighted by Gasteiger charge is -2.16. The van der Waals surface area contributed by atoms with Gasteiger partial charge in [0.1, 0.15) is 0 Å². The molecule has 0 radical (unpaired) electrons. The van der Waals surface area contributed by atoms with Gasteiger partial charge >= 0.3 is 12.0 Å². The average Bonchev–Trinajstić information content (AvgIpc) is 3.23. The topological polar surface area (TPSA) is 81.7 Å². The number of benzene rings is 1. The van der Waals surface area contributed by atoms with Crippen LogP contribution >= 0.6 is 0 Å². The first-order valence-electron chi connectivity index (χ1n) is 6.64. The van der Waals surface area contributed by atoms with Crippen LogP contribution in [-0.2, 0) is 0 Å². The van der Waals surface area contributed by atoms with Crippen molar-refractivity contribution in [2.24, 2.45) is 0 Å². The minimum atomic E-state index is -1.01. The summed E-state index contributed by atoms with van der Waals surface area (Å²) in [5.74, 6) is -1.01. The lowest BCUT2D eigenvalue weighted by atomic mass is 10.2. The lowest BCUT2D eigenvalue weighted by Crippen LogP contribution is -2.36. The van der Waals surface area contributed by atoms with Crippen LogP contribution in [0, 0.1) is 0 Å². The number of rotatable bonds is 6. The number of likely N-dealkylation sites (N-methyl/N-ethyl adjacent to an activating group) is 1. The zero-order valence-corrected chi connectivity index (χ0v) is 11.4. The van der Waals surface area contributed by atoms with Gasteiger partial charge in [-0.15, -0.1) is 0 Å². The molecule has 1 aromatic carbocycles. The van der Waals surface area contributed by atoms with Crippen molar-refractivity contribution >= 4 is 17.7 Å². The van der Waals surface area contributed by atoms with Gasteiger partial charge in [0.05, 0.1) is 5.56 Å². The van der Waals surface area contributed by atoms with Crippen molar-refractivity contribution in [3.05, 3.63) is 29.8 Å². The molecule has 1 aromatic rings. The molecule has 6 nitrogen and oxygen atoms in total. The van der Waals surface area contributed by atoms with Gasteiger partial charge in [0, 0.05) is 24.8 Å². The smallest absolute Gasteiger partial charge is 0.335 e. The van der Waals surface area contributed by atoms with Crippen LogP contribution < -0.4 is 10.6 Å². The molecule has 2 amide bonds. The second-order valence-electron chi connectivity index (χ2n) is 4.98. The molecule has 0 bridgehead atoms. The third-order valence-electron chi connectivity index (χ3n) is 3.29. The molecule has 0 aromatic heterocycles. The highest BCUT2D eigenvalue weighted by Crippen LogP contribution is 2.24. The second kappa shape index (κ2) is 6.38. The fourth-order valence-electron chi connectivity index (χ4n) is 1.95. The molecule has 3 N–H and O–H groups in total. The van der Waals surface area contributed by atoms with Crippen LogP contribution in [0.5, 0.6) is 0 Å². The number of hydrogen-bond donors (Lipinski definition) is 3. The van der Waals surface area contributed by atoms with Gasteiger partial charge in [-0.3, -0.25) is 0 Å². The molecular weight excluding hydrogens is 258 g/mol.